The van der Waals surface area contributed by atoms with E-state index in [4.69, 9.17) is 0 Å². The first-order valence-corrected chi connectivity index (χ1v) is 28.3. The number of hydrogen-bond donors (Lipinski definition) is 0. The van der Waals surface area contributed by atoms with Crippen LogP contribution < -0.4 is 31.1 Å². The number of aryl methyl sites for hydroxylation is 2. The van der Waals surface area contributed by atoms with Crippen molar-refractivity contribution in [1.29, 1.82) is 0 Å². The maximum absolute atomic E-state index is 2.75. The molecule has 8 aromatic carbocycles. The van der Waals surface area contributed by atoms with Crippen LogP contribution in [0.1, 0.15) is 153 Å². The van der Waals surface area contributed by atoms with Gasteiger partial charge >= 0.3 is 0 Å². The van der Waals surface area contributed by atoms with Crippen LogP contribution in [-0.2, 0) is 32.5 Å². The van der Waals surface area contributed by atoms with Gasteiger partial charge in [-0.05, 0) is 205 Å². The average molecular weight is 994 g/mol. The Balaban J connectivity index is 1.21. The van der Waals surface area contributed by atoms with Crippen LogP contribution in [0.5, 0.6) is 0 Å². The van der Waals surface area contributed by atoms with Gasteiger partial charge in [0.1, 0.15) is 0 Å². The first-order valence-electron chi connectivity index (χ1n) is 28.3. The molecule has 0 aromatic heterocycles. The zero-order valence-corrected chi connectivity index (χ0v) is 47.8. The Morgan fingerprint density at radius 1 is 0.342 bits per heavy atom. The molecule has 0 bridgehead atoms. The van der Waals surface area contributed by atoms with E-state index in [2.05, 4.69) is 269 Å². The largest absolute Gasteiger partial charge is 0.311 e. The maximum Gasteiger partial charge on any atom is 0.252 e. The molecule has 76 heavy (non-hydrogen) atoms. The number of fused-ring (bicyclic) bond motifs is 7. The lowest BCUT2D eigenvalue weighted by Crippen LogP contribution is -2.62. The number of rotatable bonds is 6. The van der Waals surface area contributed by atoms with Crippen molar-refractivity contribution < 1.29 is 0 Å². The molecule has 0 saturated heterocycles. The normalized spacial score (nSPS) is 19.0. The highest BCUT2D eigenvalue weighted by molar-refractivity contribution is 7.00. The van der Waals surface area contributed by atoms with Crippen LogP contribution in [0.2, 0.25) is 0 Å². The molecule has 2 aliphatic heterocycles. The molecule has 0 radical (unpaired) electrons. The Kier molecular flexibility index (Phi) is 10.5. The number of nitrogens with zero attached hydrogens (tertiary/aromatic N) is 3. The van der Waals surface area contributed by atoms with Gasteiger partial charge < -0.3 is 14.7 Å². The van der Waals surface area contributed by atoms with Gasteiger partial charge in [-0.25, -0.2) is 0 Å². The third-order valence-corrected chi connectivity index (χ3v) is 19.3. The molecule has 0 fully saturated rings. The van der Waals surface area contributed by atoms with Crippen molar-refractivity contribution in [3.63, 3.8) is 0 Å². The molecule has 5 aliphatic rings. The second kappa shape index (κ2) is 16.4. The van der Waals surface area contributed by atoms with E-state index in [9.17, 15) is 0 Å². The molecule has 382 valence electrons. The third-order valence-electron chi connectivity index (χ3n) is 19.3. The summed E-state index contributed by atoms with van der Waals surface area (Å²) in [6, 6.07) is 61.4. The van der Waals surface area contributed by atoms with E-state index in [1.54, 1.807) is 0 Å². The van der Waals surface area contributed by atoms with Gasteiger partial charge in [0.2, 0.25) is 0 Å². The van der Waals surface area contributed by atoms with E-state index in [0.717, 1.165) is 42.7 Å². The van der Waals surface area contributed by atoms with Crippen LogP contribution in [-0.4, -0.2) is 6.71 Å². The second-order valence-electron chi connectivity index (χ2n) is 27.6. The van der Waals surface area contributed by atoms with Gasteiger partial charge in [-0.2, -0.15) is 0 Å². The van der Waals surface area contributed by atoms with Crippen LogP contribution in [0.4, 0.5) is 51.2 Å². The third kappa shape index (κ3) is 7.28. The minimum absolute atomic E-state index is 0.00848. The van der Waals surface area contributed by atoms with Crippen molar-refractivity contribution in [3.8, 4) is 11.1 Å². The van der Waals surface area contributed by atoms with Crippen molar-refractivity contribution in [1.82, 2.24) is 0 Å². The van der Waals surface area contributed by atoms with Gasteiger partial charge in [0, 0.05) is 45.5 Å². The number of anilines is 9. The Morgan fingerprint density at radius 3 is 1.21 bits per heavy atom. The molecule has 0 N–H and O–H groups in total. The molecular weight excluding hydrogens is 918 g/mol. The number of benzene rings is 8. The summed E-state index contributed by atoms with van der Waals surface area (Å²) in [5.74, 6) is 0. The van der Waals surface area contributed by atoms with Crippen molar-refractivity contribution in [3.05, 3.63) is 202 Å². The Hall–Kier alpha value is -6.78. The van der Waals surface area contributed by atoms with Crippen LogP contribution in [0, 0.1) is 13.8 Å². The van der Waals surface area contributed by atoms with E-state index in [-0.39, 0.29) is 39.2 Å². The lowest BCUT2D eigenvalue weighted by atomic mass is 9.33. The Labute approximate surface area is 455 Å². The van der Waals surface area contributed by atoms with Crippen LogP contribution in [0.25, 0.3) is 11.1 Å². The van der Waals surface area contributed by atoms with E-state index < -0.39 is 0 Å². The Bertz CT molecular complexity index is 3650. The summed E-state index contributed by atoms with van der Waals surface area (Å²) in [6.07, 6.45) is 4.54. The maximum atomic E-state index is 2.75. The lowest BCUT2D eigenvalue weighted by Gasteiger charge is -2.48. The van der Waals surface area contributed by atoms with E-state index in [0.29, 0.717) is 0 Å². The number of hydrogen-bond acceptors (Lipinski definition) is 3. The van der Waals surface area contributed by atoms with Gasteiger partial charge in [-0.3, -0.25) is 0 Å². The summed E-state index contributed by atoms with van der Waals surface area (Å²) in [4.78, 5) is 7.95. The van der Waals surface area contributed by atoms with Gasteiger partial charge in [-0.15, -0.1) is 0 Å². The fraction of sp³-hybridized carbons (Fsp3) is 0.333. The summed E-state index contributed by atoms with van der Waals surface area (Å²) >= 11 is 0. The van der Waals surface area contributed by atoms with Crippen LogP contribution >= 0.6 is 0 Å². The molecule has 8 aromatic rings. The number of para-hydroxylation sites is 2. The zero-order valence-electron chi connectivity index (χ0n) is 47.8. The molecule has 3 aliphatic carbocycles. The highest BCUT2D eigenvalue weighted by atomic mass is 15.2. The smallest absolute Gasteiger partial charge is 0.252 e. The van der Waals surface area contributed by atoms with Crippen molar-refractivity contribution >= 4 is 74.3 Å². The molecule has 0 unspecified atom stereocenters. The predicted octanol–water partition coefficient (Wildman–Crippen LogP) is 17.8. The minimum Gasteiger partial charge on any atom is -0.311 e. The summed E-state index contributed by atoms with van der Waals surface area (Å²) in [5, 5.41) is 0. The molecule has 4 heteroatoms. The molecule has 2 heterocycles. The predicted molar refractivity (Wildman–Crippen MR) is 327 cm³/mol. The fourth-order valence-electron chi connectivity index (χ4n) is 15.8. The SMILES string of the molecule is Cc1cc2c(cc1N1c3cc(-c4ccccc4)ccc3B3c4cc5c(cc4N(c4cc6c(cc4C)C(C)(C)CC6(C)C)c4cc(N(c6ccccc6)c6ccccc6)cc1c43)C(C)(C)CCC5(C)C)C(C)(C)CC2(C)C. The van der Waals surface area contributed by atoms with Gasteiger partial charge in [0.05, 0.1) is 5.69 Å². The average Bonchev–Trinajstić information content (AvgIpc) is 3.76. The molecular formula is C72H76BN3. The van der Waals surface area contributed by atoms with Crippen LogP contribution in [0.15, 0.2) is 158 Å². The van der Waals surface area contributed by atoms with E-state index in [1.807, 2.05) is 0 Å². The molecule has 0 amide bonds. The molecule has 0 saturated carbocycles. The quantitative estimate of drug-likeness (QED) is 0.154. The molecule has 3 nitrogen and oxygen atoms in total. The second-order valence-corrected chi connectivity index (χ2v) is 27.6. The van der Waals surface area contributed by atoms with Crippen molar-refractivity contribution in [2.75, 3.05) is 14.7 Å². The van der Waals surface area contributed by atoms with Crippen molar-refractivity contribution in [2.24, 2.45) is 0 Å². The minimum atomic E-state index is -0.0374. The van der Waals surface area contributed by atoms with Gasteiger partial charge in [0.25, 0.3) is 6.71 Å². The van der Waals surface area contributed by atoms with E-state index in [1.165, 1.54) is 106 Å². The fourth-order valence-corrected chi connectivity index (χ4v) is 15.8. The highest BCUT2D eigenvalue weighted by Crippen LogP contribution is 2.57. The van der Waals surface area contributed by atoms with Crippen molar-refractivity contribution in [2.45, 2.75) is 155 Å². The summed E-state index contributed by atoms with van der Waals surface area (Å²) in [7, 11) is 0. The topological polar surface area (TPSA) is 9.72 Å². The Morgan fingerprint density at radius 2 is 0.737 bits per heavy atom. The first kappa shape index (κ1) is 48.8. The molecule has 13 rings (SSSR count). The standard InChI is InChI=1S/C72H76BN3/c1-45-34-52-56(71(11,12)43-69(52,7)8)40-60(45)75-62-36-48(47-24-18-15-19-25-47)30-31-58(62)73-59-39-54-55(68(5,6)33-32-67(54,3)4)42-63(59)76(61-41-57-53(35-46(61)2)70(9,10)44-72(57,13)14)65-38-51(37-64(75)66(65)73)74(49-26-20-16-21-27-49)50-28-22-17-23-29-50/h15-31,34-42H,32-33,43-44H2,1-14H3. The van der Waals surface area contributed by atoms with E-state index >= 15 is 0 Å². The monoisotopic (exact) mass is 994 g/mol. The summed E-state index contributed by atoms with van der Waals surface area (Å²) < 4.78 is 0. The zero-order chi connectivity index (χ0) is 53.2. The first-order chi connectivity index (χ1) is 36.0. The van der Waals surface area contributed by atoms with Crippen LogP contribution in [0.3, 0.4) is 0 Å². The molecule has 0 spiro atoms. The lowest BCUT2D eigenvalue weighted by molar-refractivity contribution is 0.332. The van der Waals surface area contributed by atoms with Gasteiger partial charge in [0.15, 0.2) is 0 Å². The van der Waals surface area contributed by atoms with Gasteiger partial charge in [-0.1, -0.05) is 180 Å². The summed E-state index contributed by atoms with van der Waals surface area (Å²) in [6.45, 7) is 34.4. The highest BCUT2D eigenvalue weighted by Gasteiger charge is 2.50. The molecule has 0 atom stereocenters. The summed E-state index contributed by atoms with van der Waals surface area (Å²) in [5.41, 5.74) is 29.2.